The first-order valence-corrected chi connectivity index (χ1v) is 4.33. The Kier molecular flexibility index (Phi) is 2.14. The molecule has 0 aromatic carbocycles. The summed E-state index contributed by atoms with van der Waals surface area (Å²) in [5, 5.41) is 7.01. The Morgan fingerprint density at radius 2 is 2.21 bits per heavy atom. The van der Waals surface area contributed by atoms with Gasteiger partial charge in [0.2, 0.25) is 5.95 Å². The average Bonchev–Trinajstić information content (AvgIpc) is 2.69. The standard InChI is InChI=1S/C9H11N5/c1-7-6-8(13-9(10-2)12-7)14-5-3-4-11-14/h3-6H,1-2H3,(H,10,12,13). The van der Waals surface area contributed by atoms with E-state index < -0.39 is 0 Å². The molecule has 0 unspecified atom stereocenters. The zero-order chi connectivity index (χ0) is 9.97. The largest absolute Gasteiger partial charge is 0.357 e. The SMILES string of the molecule is CNc1nc(C)cc(-n2cccn2)n1. The summed E-state index contributed by atoms with van der Waals surface area (Å²) in [7, 11) is 1.79. The minimum Gasteiger partial charge on any atom is -0.357 e. The second-order valence-corrected chi connectivity index (χ2v) is 2.89. The number of nitrogens with zero attached hydrogens (tertiary/aromatic N) is 4. The summed E-state index contributed by atoms with van der Waals surface area (Å²) in [4.78, 5) is 8.47. The molecule has 0 fully saturated rings. The lowest BCUT2D eigenvalue weighted by Crippen LogP contribution is -2.04. The van der Waals surface area contributed by atoms with Crippen LogP contribution >= 0.6 is 0 Å². The fourth-order valence-corrected chi connectivity index (χ4v) is 1.19. The van der Waals surface area contributed by atoms with Gasteiger partial charge in [0.1, 0.15) is 0 Å². The number of nitrogens with one attached hydrogen (secondary N) is 1. The molecule has 2 aromatic rings. The van der Waals surface area contributed by atoms with Crippen molar-refractivity contribution in [1.82, 2.24) is 19.7 Å². The van der Waals surface area contributed by atoms with E-state index in [2.05, 4.69) is 20.4 Å². The number of aryl methyl sites for hydroxylation is 1. The number of hydrogen-bond donors (Lipinski definition) is 1. The molecule has 2 rings (SSSR count). The van der Waals surface area contributed by atoms with Gasteiger partial charge in [-0.25, -0.2) is 9.67 Å². The van der Waals surface area contributed by atoms with Gasteiger partial charge in [-0.2, -0.15) is 10.1 Å². The lowest BCUT2D eigenvalue weighted by Gasteiger charge is -2.04. The smallest absolute Gasteiger partial charge is 0.224 e. The monoisotopic (exact) mass is 189 g/mol. The van der Waals surface area contributed by atoms with E-state index in [9.17, 15) is 0 Å². The molecule has 0 amide bonds. The number of rotatable bonds is 2. The first kappa shape index (κ1) is 8.68. The number of anilines is 1. The van der Waals surface area contributed by atoms with E-state index in [1.807, 2.05) is 25.3 Å². The van der Waals surface area contributed by atoms with Crippen LogP contribution < -0.4 is 5.32 Å². The predicted molar refractivity (Wildman–Crippen MR) is 53.4 cm³/mol. The van der Waals surface area contributed by atoms with E-state index in [-0.39, 0.29) is 0 Å². The zero-order valence-electron chi connectivity index (χ0n) is 8.10. The van der Waals surface area contributed by atoms with Crippen LogP contribution in [-0.4, -0.2) is 26.8 Å². The van der Waals surface area contributed by atoms with Crippen molar-refractivity contribution in [2.45, 2.75) is 6.92 Å². The van der Waals surface area contributed by atoms with Gasteiger partial charge in [-0.05, 0) is 13.0 Å². The molecule has 0 aliphatic carbocycles. The third-order valence-electron chi connectivity index (χ3n) is 1.80. The second kappa shape index (κ2) is 3.45. The summed E-state index contributed by atoms with van der Waals surface area (Å²) in [6.45, 7) is 1.93. The van der Waals surface area contributed by atoms with Gasteiger partial charge in [-0.15, -0.1) is 0 Å². The maximum Gasteiger partial charge on any atom is 0.224 e. The summed E-state index contributed by atoms with van der Waals surface area (Å²) in [6, 6.07) is 3.74. The maximum absolute atomic E-state index is 4.27. The first-order valence-electron chi connectivity index (χ1n) is 4.33. The molecular formula is C9H11N5. The Hall–Kier alpha value is -1.91. The van der Waals surface area contributed by atoms with Crippen molar-refractivity contribution in [3.8, 4) is 5.82 Å². The molecule has 0 atom stereocenters. The molecule has 5 heteroatoms. The van der Waals surface area contributed by atoms with Gasteiger partial charge < -0.3 is 5.32 Å². The molecule has 0 saturated carbocycles. The third-order valence-corrected chi connectivity index (χ3v) is 1.80. The fraction of sp³-hybridized carbons (Fsp3) is 0.222. The summed E-state index contributed by atoms with van der Waals surface area (Å²) in [5.74, 6) is 1.38. The van der Waals surface area contributed by atoms with E-state index in [4.69, 9.17) is 0 Å². The highest BCUT2D eigenvalue weighted by Gasteiger charge is 2.01. The van der Waals surface area contributed by atoms with E-state index in [0.717, 1.165) is 11.5 Å². The summed E-state index contributed by atoms with van der Waals surface area (Å²) in [6.07, 6.45) is 3.57. The Morgan fingerprint density at radius 3 is 2.86 bits per heavy atom. The Balaban J connectivity index is 2.48. The minimum absolute atomic E-state index is 0.607. The highest BCUT2D eigenvalue weighted by molar-refractivity contribution is 5.33. The van der Waals surface area contributed by atoms with Crippen LogP contribution in [0, 0.1) is 6.92 Å². The number of hydrogen-bond acceptors (Lipinski definition) is 4. The molecule has 72 valence electrons. The molecule has 0 radical (unpaired) electrons. The molecule has 0 aliphatic heterocycles. The van der Waals surface area contributed by atoms with Gasteiger partial charge in [-0.3, -0.25) is 0 Å². The van der Waals surface area contributed by atoms with Gasteiger partial charge in [0.15, 0.2) is 5.82 Å². The van der Waals surface area contributed by atoms with E-state index in [1.54, 1.807) is 17.9 Å². The van der Waals surface area contributed by atoms with Crippen molar-refractivity contribution < 1.29 is 0 Å². The molecule has 14 heavy (non-hydrogen) atoms. The Morgan fingerprint density at radius 1 is 1.36 bits per heavy atom. The normalized spacial score (nSPS) is 10.1. The average molecular weight is 189 g/mol. The van der Waals surface area contributed by atoms with Crippen molar-refractivity contribution in [3.63, 3.8) is 0 Å². The van der Waals surface area contributed by atoms with Crippen molar-refractivity contribution in [2.24, 2.45) is 0 Å². The minimum atomic E-state index is 0.607. The van der Waals surface area contributed by atoms with Crippen LogP contribution in [-0.2, 0) is 0 Å². The second-order valence-electron chi connectivity index (χ2n) is 2.89. The van der Waals surface area contributed by atoms with Gasteiger partial charge in [0.25, 0.3) is 0 Å². The molecule has 2 heterocycles. The molecule has 0 spiro atoms. The van der Waals surface area contributed by atoms with Crippen molar-refractivity contribution in [1.29, 1.82) is 0 Å². The lowest BCUT2D eigenvalue weighted by atomic mass is 10.4. The van der Waals surface area contributed by atoms with Crippen LogP contribution in [0.3, 0.4) is 0 Å². The molecule has 2 aromatic heterocycles. The van der Waals surface area contributed by atoms with Gasteiger partial charge >= 0.3 is 0 Å². The maximum atomic E-state index is 4.27. The summed E-state index contributed by atoms with van der Waals surface area (Å²) >= 11 is 0. The zero-order valence-corrected chi connectivity index (χ0v) is 8.10. The van der Waals surface area contributed by atoms with E-state index in [0.29, 0.717) is 5.95 Å². The fourth-order valence-electron chi connectivity index (χ4n) is 1.19. The molecule has 5 nitrogen and oxygen atoms in total. The van der Waals surface area contributed by atoms with Crippen LogP contribution in [0.1, 0.15) is 5.69 Å². The molecule has 0 aliphatic rings. The van der Waals surface area contributed by atoms with Gasteiger partial charge in [0.05, 0.1) is 0 Å². The topological polar surface area (TPSA) is 55.6 Å². The molecule has 0 bridgehead atoms. The molecular weight excluding hydrogens is 178 g/mol. The summed E-state index contributed by atoms with van der Waals surface area (Å²) in [5.41, 5.74) is 0.912. The number of aromatic nitrogens is 4. The third kappa shape index (κ3) is 1.56. The summed E-state index contributed by atoms with van der Waals surface area (Å²) < 4.78 is 1.70. The van der Waals surface area contributed by atoms with Crippen LogP contribution in [0.25, 0.3) is 5.82 Å². The van der Waals surface area contributed by atoms with Crippen LogP contribution in [0.4, 0.5) is 5.95 Å². The Bertz CT molecular complexity index is 421. The van der Waals surface area contributed by atoms with Crippen LogP contribution in [0.5, 0.6) is 0 Å². The van der Waals surface area contributed by atoms with E-state index in [1.165, 1.54) is 0 Å². The van der Waals surface area contributed by atoms with Crippen molar-refractivity contribution >= 4 is 5.95 Å². The molecule has 1 N–H and O–H groups in total. The highest BCUT2D eigenvalue weighted by atomic mass is 15.3. The van der Waals surface area contributed by atoms with Crippen LogP contribution in [0.15, 0.2) is 24.5 Å². The van der Waals surface area contributed by atoms with Crippen LogP contribution in [0.2, 0.25) is 0 Å². The van der Waals surface area contributed by atoms with Gasteiger partial charge in [0, 0.05) is 31.2 Å². The van der Waals surface area contributed by atoms with Crippen molar-refractivity contribution in [2.75, 3.05) is 12.4 Å². The quantitative estimate of drug-likeness (QED) is 0.766. The highest BCUT2D eigenvalue weighted by Crippen LogP contribution is 2.07. The van der Waals surface area contributed by atoms with Crippen molar-refractivity contribution in [3.05, 3.63) is 30.2 Å². The Labute approximate surface area is 81.8 Å². The first-order chi connectivity index (χ1) is 6.79. The predicted octanol–water partition coefficient (Wildman–Crippen LogP) is 1.01. The van der Waals surface area contributed by atoms with E-state index >= 15 is 0 Å². The molecule has 0 saturated heterocycles. The lowest BCUT2D eigenvalue weighted by molar-refractivity contribution is 0.837. The van der Waals surface area contributed by atoms with Gasteiger partial charge in [-0.1, -0.05) is 0 Å².